The number of hydrogen-bond acceptors (Lipinski definition) is 2. The molecule has 0 saturated heterocycles. The second-order valence-corrected chi connectivity index (χ2v) is 4.81. The molecule has 104 valence electrons. The predicted octanol–water partition coefficient (Wildman–Crippen LogP) is 4.20. The maximum Gasteiger partial charge on any atom is 0.175 e. The van der Waals surface area contributed by atoms with Crippen LogP contribution in [0.1, 0.15) is 12.5 Å². The smallest absolute Gasteiger partial charge is 0.175 e. The minimum absolute atomic E-state index is 0.558. The standard InChI is InChI=1S/C16H18N2OS/c1-3-19-15-6-4-5-14(11-15)18-16(20)17-13-9-7-12(2)8-10-13/h4-11H,3H2,1-2H3,(H2,17,18,20). The number of aryl methyl sites for hydroxylation is 1. The van der Waals surface area contributed by atoms with Crippen molar-refractivity contribution in [2.75, 3.05) is 17.2 Å². The van der Waals surface area contributed by atoms with Crippen molar-refractivity contribution in [2.45, 2.75) is 13.8 Å². The van der Waals surface area contributed by atoms with E-state index in [0.717, 1.165) is 17.1 Å². The Bertz CT molecular complexity index is 581. The summed E-state index contributed by atoms with van der Waals surface area (Å²) in [5, 5.41) is 6.85. The quantitative estimate of drug-likeness (QED) is 0.825. The van der Waals surface area contributed by atoms with Crippen molar-refractivity contribution < 1.29 is 4.74 Å². The molecule has 0 saturated carbocycles. The molecule has 0 aliphatic heterocycles. The highest BCUT2D eigenvalue weighted by Gasteiger charge is 2.00. The second kappa shape index (κ2) is 6.91. The molecule has 0 heterocycles. The summed E-state index contributed by atoms with van der Waals surface area (Å²) in [4.78, 5) is 0. The van der Waals surface area contributed by atoms with Crippen LogP contribution in [0.4, 0.5) is 11.4 Å². The maximum atomic E-state index is 5.46. The van der Waals surface area contributed by atoms with Crippen LogP contribution in [-0.2, 0) is 0 Å². The summed E-state index contributed by atoms with van der Waals surface area (Å²) >= 11 is 5.30. The lowest BCUT2D eigenvalue weighted by atomic mass is 10.2. The highest BCUT2D eigenvalue weighted by Crippen LogP contribution is 2.17. The Morgan fingerprint density at radius 2 is 1.75 bits per heavy atom. The van der Waals surface area contributed by atoms with Crippen molar-refractivity contribution in [3.05, 3.63) is 54.1 Å². The van der Waals surface area contributed by atoms with Crippen molar-refractivity contribution in [1.29, 1.82) is 0 Å². The first kappa shape index (κ1) is 14.3. The summed E-state index contributed by atoms with van der Waals surface area (Å²) in [6, 6.07) is 15.8. The molecule has 2 N–H and O–H groups in total. The first-order valence-corrected chi connectivity index (χ1v) is 6.96. The highest BCUT2D eigenvalue weighted by atomic mass is 32.1. The Kier molecular flexibility index (Phi) is 4.96. The van der Waals surface area contributed by atoms with Gasteiger partial charge in [-0.3, -0.25) is 0 Å². The molecule has 0 aliphatic carbocycles. The molecule has 0 aliphatic rings. The number of anilines is 2. The molecule has 0 radical (unpaired) electrons. The van der Waals surface area contributed by atoms with E-state index in [9.17, 15) is 0 Å². The molecule has 2 aromatic rings. The second-order valence-electron chi connectivity index (χ2n) is 4.41. The van der Waals surface area contributed by atoms with Crippen LogP contribution in [0.25, 0.3) is 0 Å². The van der Waals surface area contributed by atoms with Gasteiger partial charge in [-0.1, -0.05) is 23.8 Å². The molecule has 0 unspecified atom stereocenters. The summed E-state index contributed by atoms with van der Waals surface area (Å²) in [6.45, 7) is 4.67. The van der Waals surface area contributed by atoms with E-state index in [1.54, 1.807) is 0 Å². The Balaban J connectivity index is 1.97. The molecular formula is C16H18N2OS. The van der Waals surface area contributed by atoms with Crippen LogP contribution in [0.15, 0.2) is 48.5 Å². The van der Waals surface area contributed by atoms with Gasteiger partial charge in [-0.05, 0) is 50.3 Å². The molecule has 3 nitrogen and oxygen atoms in total. The van der Waals surface area contributed by atoms with Crippen LogP contribution in [0, 0.1) is 6.92 Å². The molecule has 0 bridgehead atoms. The van der Waals surface area contributed by atoms with Crippen molar-refractivity contribution in [3.63, 3.8) is 0 Å². The van der Waals surface area contributed by atoms with E-state index in [4.69, 9.17) is 17.0 Å². The third-order valence-corrected chi connectivity index (χ3v) is 2.92. The van der Waals surface area contributed by atoms with Gasteiger partial charge in [-0.25, -0.2) is 0 Å². The van der Waals surface area contributed by atoms with E-state index >= 15 is 0 Å². The van der Waals surface area contributed by atoms with Gasteiger partial charge < -0.3 is 15.4 Å². The van der Waals surface area contributed by atoms with Gasteiger partial charge in [0.15, 0.2) is 5.11 Å². The van der Waals surface area contributed by atoms with Crippen molar-refractivity contribution in [1.82, 2.24) is 0 Å². The van der Waals surface area contributed by atoms with E-state index in [1.807, 2.05) is 55.5 Å². The van der Waals surface area contributed by atoms with Gasteiger partial charge in [0.2, 0.25) is 0 Å². The first-order chi connectivity index (χ1) is 9.67. The van der Waals surface area contributed by atoms with Crippen LogP contribution >= 0.6 is 12.2 Å². The van der Waals surface area contributed by atoms with Gasteiger partial charge in [0.25, 0.3) is 0 Å². The van der Waals surface area contributed by atoms with E-state index in [1.165, 1.54) is 5.56 Å². The molecule has 20 heavy (non-hydrogen) atoms. The molecule has 0 atom stereocenters. The third-order valence-electron chi connectivity index (χ3n) is 2.71. The fourth-order valence-corrected chi connectivity index (χ4v) is 2.00. The van der Waals surface area contributed by atoms with E-state index in [0.29, 0.717) is 11.7 Å². The highest BCUT2D eigenvalue weighted by molar-refractivity contribution is 7.80. The van der Waals surface area contributed by atoms with Crippen LogP contribution in [-0.4, -0.2) is 11.7 Å². The minimum Gasteiger partial charge on any atom is -0.494 e. The van der Waals surface area contributed by atoms with Gasteiger partial charge in [0.05, 0.1) is 6.61 Å². The van der Waals surface area contributed by atoms with Crippen LogP contribution in [0.3, 0.4) is 0 Å². The molecule has 0 amide bonds. The largest absolute Gasteiger partial charge is 0.494 e. The van der Waals surface area contributed by atoms with Gasteiger partial charge in [-0.2, -0.15) is 0 Å². The van der Waals surface area contributed by atoms with Crippen molar-refractivity contribution >= 4 is 28.7 Å². The number of ether oxygens (including phenoxy) is 1. The molecular weight excluding hydrogens is 268 g/mol. The predicted molar refractivity (Wildman–Crippen MR) is 88.6 cm³/mol. The van der Waals surface area contributed by atoms with Gasteiger partial charge in [0, 0.05) is 17.4 Å². The number of rotatable bonds is 4. The lowest BCUT2D eigenvalue weighted by Gasteiger charge is -2.12. The molecule has 0 aromatic heterocycles. The third kappa shape index (κ3) is 4.24. The fourth-order valence-electron chi connectivity index (χ4n) is 1.76. The summed E-state index contributed by atoms with van der Waals surface area (Å²) in [6.07, 6.45) is 0. The zero-order valence-electron chi connectivity index (χ0n) is 11.6. The van der Waals surface area contributed by atoms with Crippen molar-refractivity contribution in [2.24, 2.45) is 0 Å². The molecule has 2 aromatic carbocycles. The monoisotopic (exact) mass is 286 g/mol. The van der Waals surface area contributed by atoms with Gasteiger partial charge in [-0.15, -0.1) is 0 Å². The summed E-state index contributed by atoms with van der Waals surface area (Å²) in [5.74, 6) is 0.829. The lowest BCUT2D eigenvalue weighted by Crippen LogP contribution is -2.18. The summed E-state index contributed by atoms with van der Waals surface area (Å²) in [7, 11) is 0. The van der Waals surface area contributed by atoms with Gasteiger partial charge >= 0.3 is 0 Å². The lowest BCUT2D eigenvalue weighted by molar-refractivity contribution is 0.340. The molecule has 4 heteroatoms. The van der Waals surface area contributed by atoms with E-state index in [2.05, 4.69) is 17.6 Å². The minimum atomic E-state index is 0.558. The average Bonchev–Trinajstić information content (AvgIpc) is 2.42. The van der Waals surface area contributed by atoms with Crippen LogP contribution in [0.2, 0.25) is 0 Å². The Hall–Kier alpha value is -2.07. The number of benzene rings is 2. The first-order valence-electron chi connectivity index (χ1n) is 6.55. The van der Waals surface area contributed by atoms with E-state index < -0.39 is 0 Å². The average molecular weight is 286 g/mol. The zero-order valence-corrected chi connectivity index (χ0v) is 12.5. The SMILES string of the molecule is CCOc1cccc(NC(=S)Nc2ccc(C)cc2)c1. The van der Waals surface area contributed by atoms with Gasteiger partial charge in [0.1, 0.15) is 5.75 Å². The number of thiocarbonyl (C=S) groups is 1. The molecule has 0 fully saturated rings. The Labute approximate surface area is 125 Å². The van der Waals surface area contributed by atoms with Crippen LogP contribution in [0.5, 0.6) is 5.75 Å². The number of nitrogens with one attached hydrogen (secondary N) is 2. The normalized spacial score (nSPS) is 9.90. The topological polar surface area (TPSA) is 33.3 Å². The van der Waals surface area contributed by atoms with Crippen LogP contribution < -0.4 is 15.4 Å². The molecule has 2 rings (SSSR count). The van der Waals surface area contributed by atoms with E-state index in [-0.39, 0.29) is 0 Å². The number of hydrogen-bond donors (Lipinski definition) is 2. The zero-order chi connectivity index (χ0) is 14.4. The van der Waals surface area contributed by atoms with Crippen molar-refractivity contribution in [3.8, 4) is 5.75 Å². The summed E-state index contributed by atoms with van der Waals surface area (Å²) < 4.78 is 5.46. The Morgan fingerprint density at radius 3 is 2.45 bits per heavy atom. The molecule has 0 spiro atoms. The fraction of sp³-hybridized carbons (Fsp3) is 0.188. The maximum absolute atomic E-state index is 5.46. The summed E-state index contributed by atoms with van der Waals surface area (Å²) in [5.41, 5.74) is 3.09. The Morgan fingerprint density at radius 1 is 1.05 bits per heavy atom.